The predicted molar refractivity (Wildman–Crippen MR) is 98.4 cm³/mol. The minimum Gasteiger partial charge on any atom is -0.497 e. The van der Waals surface area contributed by atoms with Crippen molar-refractivity contribution in [3.8, 4) is 23.0 Å². The van der Waals surface area contributed by atoms with Gasteiger partial charge in [-0.3, -0.25) is 4.79 Å². The molecule has 0 heterocycles. The highest BCUT2D eigenvalue weighted by molar-refractivity contribution is 5.86. The number of rotatable bonds is 9. The summed E-state index contributed by atoms with van der Waals surface area (Å²) in [6.45, 7) is 2.36. The molecular formula is C19H22N2O5. The molecule has 0 aliphatic rings. The molecule has 0 saturated heterocycles. The fraction of sp³-hybridized carbons (Fsp3) is 0.263. The molecule has 0 aliphatic carbocycles. The first kappa shape index (κ1) is 19.1. The number of hydrogen-bond donors (Lipinski definition) is 1. The third-order valence-electron chi connectivity index (χ3n) is 3.33. The first-order valence-corrected chi connectivity index (χ1v) is 8.06. The van der Waals surface area contributed by atoms with E-state index in [0.29, 0.717) is 29.4 Å². The Morgan fingerprint density at radius 3 is 2.27 bits per heavy atom. The maximum Gasteiger partial charge on any atom is 0.277 e. The van der Waals surface area contributed by atoms with E-state index in [-0.39, 0.29) is 12.5 Å². The topological polar surface area (TPSA) is 78.4 Å². The van der Waals surface area contributed by atoms with Crippen LogP contribution in [0.15, 0.2) is 47.6 Å². The summed E-state index contributed by atoms with van der Waals surface area (Å²) < 4.78 is 21.1. The Hall–Kier alpha value is -3.22. The van der Waals surface area contributed by atoms with E-state index in [9.17, 15) is 4.79 Å². The second kappa shape index (κ2) is 9.93. The smallest absolute Gasteiger partial charge is 0.277 e. The SMILES string of the molecule is CCOc1ccc(OCC(=O)N/N=C\c2cc(OC)ccc2OC)cc1. The summed E-state index contributed by atoms with van der Waals surface area (Å²) in [4.78, 5) is 11.8. The average Bonchev–Trinajstić information content (AvgIpc) is 2.67. The van der Waals surface area contributed by atoms with Crippen LogP contribution in [0, 0.1) is 0 Å². The number of amides is 1. The molecule has 0 aromatic heterocycles. The number of carbonyl (C=O) groups is 1. The maximum absolute atomic E-state index is 11.8. The van der Waals surface area contributed by atoms with E-state index < -0.39 is 0 Å². The number of hydrogen-bond acceptors (Lipinski definition) is 6. The number of ether oxygens (including phenoxy) is 4. The molecule has 7 nitrogen and oxygen atoms in total. The van der Waals surface area contributed by atoms with E-state index in [1.807, 2.05) is 6.92 Å². The molecule has 2 aromatic carbocycles. The number of benzene rings is 2. The van der Waals surface area contributed by atoms with Crippen LogP contribution in [0.5, 0.6) is 23.0 Å². The second-order valence-electron chi connectivity index (χ2n) is 5.09. The van der Waals surface area contributed by atoms with Crippen LogP contribution in [0.3, 0.4) is 0 Å². The minimum absolute atomic E-state index is 0.152. The van der Waals surface area contributed by atoms with Crippen LogP contribution in [-0.2, 0) is 4.79 Å². The van der Waals surface area contributed by atoms with Gasteiger partial charge in [0.05, 0.1) is 27.0 Å². The summed E-state index contributed by atoms with van der Waals surface area (Å²) in [5.41, 5.74) is 3.09. The minimum atomic E-state index is -0.378. The third kappa shape index (κ3) is 5.70. The van der Waals surface area contributed by atoms with Crippen molar-refractivity contribution >= 4 is 12.1 Å². The van der Waals surface area contributed by atoms with Gasteiger partial charge >= 0.3 is 0 Å². The van der Waals surface area contributed by atoms with Crippen LogP contribution < -0.4 is 24.4 Å². The van der Waals surface area contributed by atoms with Crippen molar-refractivity contribution in [2.75, 3.05) is 27.4 Å². The van der Waals surface area contributed by atoms with Crippen LogP contribution in [0.4, 0.5) is 0 Å². The average molecular weight is 358 g/mol. The van der Waals surface area contributed by atoms with Gasteiger partial charge in [0, 0.05) is 5.56 Å². The molecule has 2 rings (SSSR count). The monoisotopic (exact) mass is 358 g/mol. The summed E-state index contributed by atoms with van der Waals surface area (Å²) in [6, 6.07) is 12.3. The van der Waals surface area contributed by atoms with E-state index in [1.54, 1.807) is 56.7 Å². The van der Waals surface area contributed by atoms with Gasteiger partial charge in [0.1, 0.15) is 23.0 Å². The van der Waals surface area contributed by atoms with Crippen molar-refractivity contribution in [2.24, 2.45) is 5.10 Å². The first-order chi connectivity index (χ1) is 12.7. The lowest BCUT2D eigenvalue weighted by Crippen LogP contribution is -2.24. The molecule has 2 aromatic rings. The van der Waals surface area contributed by atoms with Gasteiger partial charge in [0.25, 0.3) is 5.91 Å². The highest BCUT2D eigenvalue weighted by Crippen LogP contribution is 2.22. The maximum atomic E-state index is 11.8. The number of methoxy groups -OCH3 is 2. The molecule has 1 amide bonds. The zero-order valence-corrected chi connectivity index (χ0v) is 15.0. The highest BCUT2D eigenvalue weighted by atomic mass is 16.5. The molecule has 0 unspecified atom stereocenters. The van der Waals surface area contributed by atoms with E-state index in [0.717, 1.165) is 5.75 Å². The number of carbonyl (C=O) groups excluding carboxylic acids is 1. The van der Waals surface area contributed by atoms with Crippen LogP contribution >= 0.6 is 0 Å². The Balaban J connectivity index is 1.85. The van der Waals surface area contributed by atoms with Crippen LogP contribution in [0.25, 0.3) is 0 Å². The Morgan fingerprint density at radius 2 is 1.65 bits per heavy atom. The summed E-state index contributed by atoms with van der Waals surface area (Å²) in [7, 11) is 3.13. The Kier molecular flexibility index (Phi) is 7.30. The van der Waals surface area contributed by atoms with Crippen molar-refractivity contribution in [3.63, 3.8) is 0 Å². The van der Waals surface area contributed by atoms with Gasteiger partial charge in [-0.2, -0.15) is 5.10 Å². The molecular weight excluding hydrogens is 336 g/mol. The van der Waals surface area contributed by atoms with Gasteiger partial charge in [-0.25, -0.2) is 5.43 Å². The number of nitrogens with zero attached hydrogens (tertiary/aromatic N) is 1. The molecule has 26 heavy (non-hydrogen) atoms. The largest absolute Gasteiger partial charge is 0.497 e. The van der Waals surface area contributed by atoms with Crippen LogP contribution in [-0.4, -0.2) is 39.6 Å². The lowest BCUT2D eigenvalue weighted by molar-refractivity contribution is -0.123. The molecule has 0 spiro atoms. The second-order valence-corrected chi connectivity index (χ2v) is 5.09. The summed E-state index contributed by atoms with van der Waals surface area (Å²) >= 11 is 0. The number of nitrogens with one attached hydrogen (secondary N) is 1. The molecule has 0 fully saturated rings. The normalized spacial score (nSPS) is 10.4. The molecule has 0 saturated carbocycles. The predicted octanol–water partition coefficient (Wildman–Crippen LogP) is 2.63. The Labute approximate surface area is 152 Å². The van der Waals surface area contributed by atoms with Crippen molar-refractivity contribution in [1.82, 2.24) is 5.43 Å². The van der Waals surface area contributed by atoms with Crippen LogP contribution in [0.1, 0.15) is 12.5 Å². The number of hydrazone groups is 1. The van der Waals surface area contributed by atoms with Crippen molar-refractivity contribution in [2.45, 2.75) is 6.92 Å². The van der Waals surface area contributed by atoms with Crippen molar-refractivity contribution < 1.29 is 23.7 Å². The fourth-order valence-electron chi connectivity index (χ4n) is 2.09. The van der Waals surface area contributed by atoms with Gasteiger partial charge in [-0.05, 0) is 49.4 Å². The van der Waals surface area contributed by atoms with E-state index in [1.165, 1.54) is 6.21 Å². The zero-order valence-electron chi connectivity index (χ0n) is 15.0. The quantitative estimate of drug-likeness (QED) is 0.551. The summed E-state index contributed by atoms with van der Waals surface area (Å²) in [5, 5.41) is 3.92. The molecule has 0 bridgehead atoms. The highest BCUT2D eigenvalue weighted by Gasteiger charge is 2.04. The third-order valence-corrected chi connectivity index (χ3v) is 3.33. The van der Waals surface area contributed by atoms with Gasteiger partial charge in [0.15, 0.2) is 6.61 Å². The molecule has 138 valence electrons. The molecule has 0 atom stereocenters. The summed E-state index contributed by atoms with van der Waals surface area (Å²) in [5.74, 6) is 2.23. The van der Waals surface area contributed by atoms with Gasteiger partial charge in [0.2, 0.25) is 0 Å². The van der Waals surface area contributed by atoms with E-state index in [4.69, 9.17) is 18.9 Å². The molecule has 0 radical (unpaired) electrons. The molecule has 7 heteroatoms. The zero-order chi connectivity index (χ0) is 18.8. The lowest BCUT2D eigenvalue weighted by atomic mass is 10.2. The van der Waals surface area contributed by atoms with Gasteiger partial charge in [-0.15, -0.1) is 0 Å². The lowest BCUT2D eigenvalue weighted by Gasteiger charge is -2.08. The first-order valence-electron chi connectivity index (χ1n) is 8.06. The Bertz CT molecular complexity index is 744. The molecule has 0 aliphatic heterocycles. The van der Waals surface area contributed by atoms with E-state index in [2.05, 4.69) is 10.5 Å². The van der Waals surface area contributed by atoms with Crippen LogP contribution in [0.2, 0.25) is 0 Å². The summed E-state index contributed by atoms with van der Waals surface area (Å²) in [6.07, 6.45) is 1.48. The van der Waals surface area contributed by atoms with Gasteiger partial charge < -0.3 is 18.9 Å². The van der Waals surface area contributed by atoms with Crippen molar-refractivity contribution in [3.05, 3.63) is 48.0 Å². The fourth-order valence-corrected chi connectivity index (χ4v) is 2.09. The Morgan fingerprint density at radius 1 is 1.00 bits per heavy atom. The molecule has 1 N–H and O–H groups in total. The standard InChI is InChI=1S/C19H22N2O5/c1-4-25-15-5-7-16(8-6-15)26-13-19(22)21-20-12-14-11-17(23-2)9-10-18(14)24-3/h5-12H,4,13H2,1-3H3,(H,21,22)/b20-12-. The van der Waals surface area contributed by atoms with Gasteiger partial charge in [-0.1, -0.05) is 0 Å². The van der Waals surface area contributed by atoms with Crippen molar-refractivity contribution in [1.29, 1.82) is 0 Å². The van der Waals surface area contributed by atoms with E-state index >= 15 is 0 Å².